The molecular formula is C25H25N3O5S2. The first-order chi connectivity index (χ1) is 17.0. The molecule has 0 saturated carbocycles. The lowest BCUT2D eigenvalue weighted by Gasteiger charge is -2.14. The number of carbonyl (C=O) groups is 1. The van der Waals surface area contributed by atoms with Gasteiger partial charge in [0, 0.05) is 29.2 Å². The lowest BCUT2D eigenvalue weighted by Crippen LogP contribution is -2.22. The van der Waals surface area contributed by atoms with Crippen LogP contribution in [0.1, 0.15) is 6.92 Å². The molecule has 0 aliphatic heterocycles. The maximum absolute atomic E-state index is 13.1. The Balaban J connectivity index is 1.56. The number of carbonyl (C=O) groups excluding carboxylic acids is 1. The van der Waals surface area contributed by atoms with Gasteiger partial charge in [0.15, 0.2) is 16.7 Å². The van der Waals surface area contributed by atoms with Gasteiger partial charge in [-0.25, -0.2) is 4.98 Å². The van der Waals surface area contributed by atoms with Gasteiger partial charge in [-0.1, -0.05) is 42.1 Å². The third kappa shape index (κ3) is 5.13. The van der Waals surface area contributed by atoms with Crippen LogP contribution in [0.4, 0.5) is 5.69 Å². The van der Waals surface area contributed by atoms with Gasteiger partial charge in [0.25, 0.3) is 5.56 Å². The summed E-state index contributed by atoms with van der Waals surface area (Å²) in [5.74, 6) is 1.14. The van der Waals surface area contributed by atoms with Crippen molar-refractivity contribution in [2.24, 2.45) is 0 Å². The molecule has 0 saturated heterocycles. The minimum absolute atomic E-state index is 0.0737. The van der Waals surface area contributed by atoms with Gasteiger partial charge in [0.1, 0.15) is 4.70 Å². The van der Waals surface area contributed by atoms with Crippen LogP contribution in [0.2, 0.25) is 0 Å². The first kappa shape index (κ1) is 24.6. The lowest BCUT2D eigenvalue weighted by atomic mass is 10.2. The number of benzene rings is 2. The van der Waals surface area contributed by atoms with Crippen molar-refractivity contribution in [1.82, 2.24) is 9.55 Å². The summed E-state index contributed by atoms with van der Waals surface area (Å²) in [4.78, 5) is 31.6. The molecule has 1 amide bonds. The van der Waals surface area contributed by atoms with E-state index in [0.717, 1.165) is 10.4 Å². The number of amides is 1. The van der Waals surface area contributed by atoms with Crippen LogP contribution in [0.5, 0.6) is 17.2 Å². The number of rotatable bonds is 9. The second-order valence-electron chi connectivity index (χ2n) is 7.39. The fourth-order valence-corrected chi connectivity index (χ4v) is 5.52. The van der Waals surface area contributed by atoms with E-state index in [4.69, 9.17) is 19.2 Å². The summed E-state index contributed by atoms with van der Waals surface area (Å²) < 4.78 is 18.2. The van der Waals surface area contributed by atoms with Gasteiger partial charge >= 0.3 is 0 Å². The monoisotopic (exact) mass is 511 g/mol. The molecule has 10 heteroatoms. The van der Waals surface area contributed by atoms with Crippen LogP contribution in [-0.4, -0.2) is 42.5 Å². The van der Waals surface area contributed by atoms with E-state index in [1.54, 1.807) is 16.7 Å². The molecule has 8 nitrogen and oxygen atoms in total. The number of hydrogen-bond donors (Lipinski definition) is 1. The zero-order valence-electron chi connectivity index (χ0n) is 19.8. The van der Waals surface area contributed by atoms with E-state index in [9.17, 15) is 9.59 Å². The summed E-state index contributed by atoms with van der Waals surface area (Å²) in [6.07, 6.45) is 0. The van der Waals surface area contributed by atoms with Crippen molar-refractivity contribution < 1.29 is 19.0 Å². The number of hydrogen-bond acceptors (Lipinski definition) is 8. The minimum atomic E-state index is -0.253. The molecule has 0 aliphatic carbocycles. The summed E-state index contributed by atoms with van der Waals surface area (Å²) >= 11 is 2.65. The van der Waals surface area contributed by atoms with Crippen LogP contribution in [0.15, 0.2) is 58.5 Å². The fourth-order valence-electron chi connectivity index (χ4n) is 3.60. The summed E-state index contributed by atoms with van der Waals surface area (Å²) in [6, 6.07) is 15.1. The molecular weight excluding hydrogens is 486 g/mol. The van der Waals surface area contributed by atoms with Crippen molar-refractivity contribution >= 4 is 44.9 Å². The van der Waals surface area contributed by atoms with Crippen molar-refractivity contribution in [3.63, 3.8) is 0 Å². The molecule has 0 atom stereocenters. The quantitative estimate of drug-likeness (QED) is 0.252. The Morgan fingerprint density at radius 3 is 2.34 bits per heavy atom. The van der Waals surface area contributed by atoms with Crippen LogP contribution >= 0.6 is 23.1 Å². The molecule has 0 radical (unpaired) electrons. The van der Waals surface area contributed by atoms with Crippen LogP contribution in [-0.2, 0) is 11.3 Å². The minimum Gasteiger partial charge on any atom is -0.493 e. The Morgan fingerprint density at radius 2 is 1.74 bits per heavy atom. The largest absolute Gasteiger partial charge is 0.493 e. The number of thiophene rings is 1. The molecule has 1 N–H and O–H groups in total. The molecule has 2 aromatic carbocycles. The van der Waals surface area contributed by atoms with Gasteiger partial charge in [0.2, 0.25) is 11.7 Å². The number of fused-ring (bicyclic) bond motifs is 1. The van der Waals surface area contributed by atoms with E-state index in [-0.39, 0.29) is 17.2 Å². The highest BCUT2D eigenvalue weighted by molar-refractivity contribution is 7.99. The van der Waals surface area contributed by atoms with Gasteiger partial charge < -0.3 is 19.5 Å². The number of nitrogens with one attached hydrogen (secondary N) is 1. The Labute approximate surface area is 210 Å². The zero-order chi connectivity index (χ0) is 24.9. The molecule has 4 rings (SSSR count). The Bertz CT molecular complexity index is 1390. The first-order valence-corrected chi connectivity index (χ1v) is 12.6. The first-order valence-electron chi connectivity index (χ1n) is 10.8. The highest BCUT2D eigenvalue weighted by Gasteiger charge is 2.17. The molecule has 0 bridgehead atoms. The van der Waals surface area contributed by atoms with E-state index in [1.807, 2.05) is 43.3 Å². The van der Waals surface area contributed by atoms with Crippen LogP contribution < -0.4 is 25.1 Å². The molecule has 35 heavy (non-hydrogen) atoms. The molecule has 0 spiro atoms. The van der Waals surface area contributed by atoms with Crippen molar-refractivity contribution in [3.8, 4) is 27.7 Å². The van der Waals surface area contributed by atoms with Crippen LogP contribution in [0.25, 0.3) is 20.7 Å². The van der Waals surface area contributed by atoms with Gasteiger partial charge in [0.05, 0.1) is 32.6 Å². The maximum Gasteiger partial charge on any atom is 0.272 e. The summed E-state index contributed by atoms with van der Waals surface area (Å²) in [5, 5.41) is 3.34. The SMILES string of the molecule is CCn1c(SCC(=O)Nc2cc(OC)c(OC)c(OC)c2)nc2cc(-c3ccccc3)sc2c1=O. The third-order valence-corrected chi connectivity index (χ3v) is 7.39. The molecule has 0 aliphatic rings. The summed E-state index contributed by atoms with van der Waals surface area (Å²) in [6.45, 7) is 2.35. The molecule has 0 unspecified atom stereocenters. The normalized spacial score (nSPS) is 10.9. The van der Waals surface area contributed by atoms with Gasteiger partial charge in [-0.05, 0) is 18.6 Å². The second-order valence-corrected chi connectivity index (χ2v) is 9.38. The molecule has 2 aromatic heterocycles. The molecule has 4 aromatic rings. The average molecular weight is 512 g/mol. The predicted octanol–water partition coefficient (Wildman–Crippen LogP) is 4.90. The molecule has 182 valence electrons. The van der Waals surface area contributed by atoms with E-state index >= 15 is 0 Å². The van der Waals surface area contributed by atoms with E-state index in [1.165, 1.54) is 44.4 Å². The third-order valence-electron chi connectivity index (χ3n) is 5.25. The van der Waals surface area contributed by atoms with Crippen molar-refractivity contribution in [1.29, 1.82) is 0 Å². The molecule has 2 heterocycles. The van der Waals surface area contributed by atoms with Crippen LogP contribution in [0.3, 0.4) is 0 Å². The maximum atomic E-state index is 13.1. The van der Waals surface area contributed by atoms with Crippen molar-refractivity contribution in [2.75, 3.05) is 32.4 Å². The zero-order valence-corrected chi connectivity index (χ0v) is 21.4. The predicted molar refractivity (Wildman–Crippen MR) is 140 cm³/mol. The number of anilines is 1. The standard InChI is InChI=1S/C25H25N3O5S2/c1-5-28-24(30)23-17(13-20(35-23)15-9-7-6-8-10-15)27-25(28)34-14-21(29)26-16-11-18(31-2)22(33-4)19(12-16)32-3/h6-13H,5,14H2,1-4H3,(H,26,29). The van der Waals surface area contributed by atoms with Crippen LogP contribution in [0, 0.1) is 0 Å². The highest BCUT2D eigenvalue weighted by atomic mass is 32.2. The summed E-state index contributed by atoms with van der Waals surface area (Å²) in [5.41, 5.74) is 2.08. The topological polar surface area (TPSA) is 91.7 Å². The number of nitrogens with zero attached hydrogens (tertiary/aromatic N) is 2. The second kappa shape index (κ2) is 10.8. The van der Waals surface area contributed by atoms with E-state index in [2.05, 4.69) is 5.32 Å². The van der Waals surface area contributed by atoms with Gasteiger partial charge in [-0.15, -0.1) is 11.3 Å². The fraction of sp³-hybridized carbons (Fsp3) is 0.240. The Kier molecular flexibility index (Phi) is 7.62. The highest BCUT2D eigenvalue weighted by Crippen LogP contribution is 2.40. The van der Waals surface area contributed by atoms with Gasteiger partial charge in [-0.2, -0.15) is 0 Å². The Morgan fingerprint density at radius 1 is 1.06 bits per heavy atom. The number of thioether (sulfide) groups is 1. The van der Waals surface area contributed by atoms with E-state index < -0.39 is 0 Å². The van der Waals surface area contributed by atoms with Gasteiger partial charge in [-0.3, -0.25) is 14.2 Å². The number of aromatic nitrogens is 2. The Hall–Kier alpha value is -3.50. The summed E-state index contributed by atoms with van der Waals surface area (Å²) in [7, 11) is 4.54. The molecule has 0 fully saturated rings. The number of ether oxygens (including phenoxy) is 3. The smallest absolute Gasteiger partial charge is 0.272 e. The van der Waals surface area contributed by atoms with Crippen molar-refractivity contribution in [3.05, 3.63) is 58.9 Å². The van der Waals surface area contributed by atoms with Crippen molar-refractivity contribution in [2.45, 2.75) is 18.6 Å². The lowest BCUT2D eigenvalue weighted by molar-refractivity contribution is -0.113. The number of methoxy groups -OCH3 is 3. The average Bonchev–Trinajstić information content (AvgIpc) is 3.32. The van der Waals surface area contributed by atoms with E-state index in [0.29, 0.717) is 44.9 Å².